The molecule has 1 aromatic heterocycles. The van der Waals surface area contributed by atoms with Gasteiger partial charge in [-0.05, 0) is 25.0 Å². The van der Waals surface area contributed by atoms with Gasteiger partial charge in [0.15, 0.2) is 0 Å². The van der Waals surface area contributed by atoms with E-state index in [9.17, 15) is 4.79 Å². The first-order valence-electron chi connectivity index (χ1n) is 4.79. The molecule has 5 heteroatoms. The van der Waals surface area contributed by atoms with Gasteiger partial charge in [0.25, 0.3) is 0 Å². The minimum Gasteiger partial charge on any atom is -0.329 e. The fourth-order valence-electron chi connectivity index (χ4n) is 1.37. The molecule has 3 N–H and O–H groups in total. The van der Waals surface area contributed by atoms with Crippen LogP contribution in [-0.2, 0) is 4.79 Å². The van der Waals surface area contributed by atoms with Gasteiger partial charge < -0.3 is 11.1 Å². The van der Waals surface area contributed by atoms with Crippen LogP contribution in [0.2, 0.25) is 5.02 Å². The van der Waals surface area contributed by atoms with E-state index in [0.29, 0.717) is 17.4 Å². The molecule has 0 saturated heterocycles. The van der Waals surface area contributed by atoms with E-state index in [0.717, 1.165) is 12.8 Å². The van der Waals surface area contributed by atoms with Crippen molar-refractivity contribution in [2.75, 3.05) is 11.9 Å². The lowest BCUT2D eigenvalue weighted by atomic mass is 10.1. The van der Waals surface area contributed by atoms with Gasteiger partial charge in [0, 0.05) is 12.7 Å². The first kappa shape index (κ1) is 10.4. The summed E-state index contributed by atoms with van der Waals surface area (Å²) >= 11 is 5.68. The molecule has 1 aromatic rings. The number of carbonyl (C=O) groups is 1. The summed E-state index contributed by atoms with van der Waals surface area (Å²) in [6.45, 7) is 0.395. The molecule has 0 spiro atoms. The smallest absolute Gasteiger partial charge is 0.233 e. The van der Waals surface area contributed by atoms with Crippen LogP contribution in [0.25, 0.3) is 0 Å². The van der Waals surface area contributed by atoms with Gasteiger partial charge in [-0.1, -0.05) is 11.6 Å². The third-order valence-electron chi connectivity index (χ3n) is 2.69. The van der Waals surface area contributed by atoms with Crippen molar-refractivity contribution in [3.63, 3.8) is 0 Å². The zero-order valence-corrected chi connectivity index (χ0v) is 8.92. The second-order valence-corrected chi connectivity index (χ2v) is 4.24. The quantitative estimate of drug-likeness (QED) is 0.818. The maximum absolute atomic E-state index is 11.7. The van der Waals surface area contributed by atoms with E-state index >= 15 is 0 Å². The van der Waals surface area contributed by atoms with Crippen molar-refractivity contribution in [1.29, 1.82) is 0 Å². The van der Waals surface area contributed by atoms with Crippen LogP contribution in [0, 0.1) is 5.41 Å². The second kappa shape index (κ2) is 3.79. The number of rotatable bonds is 3. The molecule has 2 rings (SSSR count). The minimum atomic E-state index is -0.346. The summed E-state index contributed by atoms with van der Waals surface area (Å²) in [4.78, 5) is 15.7. The highest BCUT2D eigenvalue weighted by Crippen LogP contribution is 2.45. The fraction of sp³-hybridized carbons (Fsp3) is 0.400. The Bertz CT molecular complexity index is 373. The van der Waals surface area contributed by atoms with Crippen LogP contribution in [0.15, 0.2) is 18.3 Å². The molecule has 1 saturated carbocycles. The lowest BCUT2D eigenvalue weighted by Gasteiger charge is -2.11. The Morgan fingerprint density at radius 2 is 2.33 bits per heavy atom. The highest BCUT2D eigenvalue weighted by atomic mass is 35.5. The Hall–Kier alpha value is -1.13. The Kier molecular flexibility index (Phi) is 2.63. The molecule has 0 aromatic carbocycles. The molecule has 0 unspecified atom stereocenters. The van der Waals surface area contributed by atoms with Crippen molar-refractivity contribution in [1.82, 2.24) is 4.98 Å². The van der Waals surface area contributed by atoms with E-state index in [1.165, 1.54) is 6.20 Å². The molecule has 1 amide bonds. The predicted molar refractivity (Wildman–Crippen MR) is 58.6 cm³/mol. The van der Waals surface area contributed by atoms with E-state index in [4.69, 9.17) is 17.3 Å². The average molecular weight is 226 g/mol. The SMILES string of the molecule is NCC1(C(=O)Nc2ccc(Cl)cn2)CC1. The zero-order chi connectivity index (χ0) is 10.9. The third kappa shape index (κ3) is 2.11. The van der Waals surface area contributed by atoms with Gasteiger partial charge in [-0.2, -0.15) is 0 Å². The molecule has 15 heavy (non-hydrogen) atoms. The largest absolute Gasteiger partial charge is 0.329 e. The van der Waals surface area contributed by atoms with Crippen LogP contribution in [0.1, 0.15) is 12.8 Å². The number of nitrogens with zero attached hydrogens (tertiary/aromatic N) is 1. The Morgan fingerprint density at radius 1 is 1.60 bits per heavy atom. The van der Waals surface area contributed by atoms with E-state index in [1.54, 1.807) is 12.1 Å². The van der Waals surface area contributed by atoms with Crippen molar-refractivity contribution in [2.45, 2.75) is 12.8 Å². The van der Waals surface area contributed by atoms with Crippen LogP contribution in [0.4, 0.5) is 5.82 Å². The maximum atomic E-state index is 11.7. The normalized spacial score (nSPS) is 17.2. The molecule has 80 valence electrons. The number of carbonyl (C=O) groups excluding carboxylic acids is 1. The summed E-state index contributed by atoms with van der Waals surface area (Å²) in [6.07, 6.45) is 3.23. The molecule has 1 aliphatic rings. The Labute approximate surface area is 92.8 Å². The van der Waals surface area contributed by atoms with Gasteiger partial charge in [-0.15, -0.1) is 0 Å². The van der Waals surface area contributed by atoms with Gasteiger partial charge in [-0.25, -0.2) is 4.98 Å². The fourth-order valence-corrected chi connectivity index (χ4v) is 1.49. The van der Waals surface area contributed by atoms with Crippen LogP contribution in [0.3, 0.4) is 0 Å². The molecule has 0 radical (unpaired) electrons. The summed E-state index contributed by atoms with van der Waals surface area (Å²) in [5.74, 6) is 0.476. The second-order valence-electron chi connectivity index (χ2n) is 3.80. The van der Waals surface area contributed by atoms with Crippen molar-refractivity contribution in [3.05, 3.63) is 23.4 Å². The topological polar surface area (TPSA) is 68.0 Å². The zero-order valence-electron chi connectivity index (χ0n) is 8.16. The van der Waals surface area contributed by atoms with Gasteiger partial charge in [0.05, 0.1) is 10.4 Å². The summed E-state index contributed by atoms with van der Waals surface area (Å²) in [5, 5.41) is 3.28. The molecule has 0 bridgehead atoms. The predicted octanol–water partition coefficient (Wildman–Crippen LogP) is 1.41. The number of nitrogens with one attached hydrogen (secondary N) is 1. The van der Waals surface area contributed by atoms with E-state index in [1.807, 2.05) is 0 Å². The van der Waals surface area contributed by atoms with Crippen molar-refractivity contribution >= 4 is 23.3 Å². The number of aromatic nitrogens is 1. The number of halogens is 1. The highest BCUT2D eigenvalue weighted by molar-refractivity contribution is 6.30. The monoisotopic (exact) mass is 225 g/mol. The summed E-state index contributed by atoms with van der Waals surface area (Å²) in [7, 11) is 0. The van der Waals surface area contributed by atoms with E-state index < -0.39 is 0 Å². The number of pyridine rings is 1. The molecule has 0 aliphatic heterocycles. The molecule has 1 fully saturated rings. The standard InChI is InChI=1S/C10H12ClN3O/c11-7-1-2-8(13-5-7)14-9(15)10(6-12)3-4-10/h1-2,5H,3-4,6,12H2,(H,13,14,15). The first-order chi connectivity index (χ1) is 7.16. The van der Waals surface area contributed by atoms with Gasteiger partial charge in [0.1, 0.15) is 5.82 Å². The lowest BCUT2D eigenvalue weighted by molar-refractivity contribution is -0.120. The van der Waals surface area contributed by atoms with Crippen LogP contribution in [-0.4, -0.2) is 17.4 Å². The summed E-state index contributed by atoms with van der Waals surface area (Å²) < 4.78 is 0. The van der Waals surface area contributed by atoms with E-state index in [-0.39, 0.29) is 11.3 Å². The van der Waals surface area contributed by atoms with Gasteiger partial charge in [0.2, 0.25) is 5.91 Å². The highest BCUT2D eigenvalue weighted by Gasteiger charge is 2.48. The van der Waals surface area contributed by atoms with Gasteiger partial charge in [-0.3, -0.25) is 4.79 Å². The van der Waals surface area contributed by atoms with Crippen molar-refractivity contribution in [3.8, 4) is 0 Å². The molecular formula is C10H12ClN3O. The Morgan fingerprint density at radius 3 is 2.80 bits per heavy atom. The number of hydrogen-bond acceptors (Lipinski definition) is 3. The van der Waals surface area contributed by atoms with Crippen LogP contribution >= 0.6 is 11.6 Å². The lowest BCUT2D eigenvalue weighted by Crippen LogP contribution is -2.31. The molecule has 1 heterocycles. The molecule has 4 nitrogen and oxygen atoms in total. The molecular weight excluding hydrogens is 214 g/mol. The average Bonchev–Trinajstić information content (AvgIpc) is 3.02. The number of amides is 1. The summed E-state index contributed by atoms with van der Waals surface area (Å²) in [5.41, 5.74) is 5.20. The summed E-state index contributed by atoms with van der Waals surface area (Å²) in [6, 6.07) is 3.36. The van der Waals surface area contributed by atoms with E-state index in [2.05, 4.69) is 10.3 Å². The first-order valence-corrected chi connectivity index (χ1v) is 5.17. The van der Waals surface area contributed by atoms with Crippen LogP contribution in [0.5, 0.6) is 0 Å². The number of nitrogens with two attached hydrogens (primary N) is 1. The maximum Gasteiger partial charge on any atom is 0.233 e. The number of anilines is 1. The van der Waals surface area contributed by atoms with Crippen LogP contribution < -0.4 is 11.1 Å². The Balaban J connectivity index is 2.03. The third-order valence-corrected chi connectivity index (χ3v) is 2.92. The molecule has 0 atom stereocenters. The minimum absolute atomic E-state index is 0.0418. The number of hydrogen-bond donors (Lipinski definition) is 2. The molecule has 1 aliphatic carbocycles. The van der Waals surface area contributed by atoms with Gasteiger partial charge >= 0.3 is 0 Å². The van der Waals surface area contributed by atoms with Crippen molar-refractivity contribution < 1.29 is 4.79 Å². The van der Waals surface area contributed by atoms with Crippen molar-refractivity contribution in [2.24, 2.45) is 11.1 Å².